The highest BCUT2D eigenvalue weighted by Gasteiger charge is 2.25. The Balaban J connectivity index is 1.33. The molecule has 0 radical (unpaired) electrons. The maximum atomic E-state index is 12.4. The van der Waals surface area contributed by atoms with Crippen molar-refractivity contribution in [2.75, 3.05) is 39.8 Å². The summed E-state index contributed by atoms with van der Waals surface area (Å²) in [6.45, 7) is 8.06. The van der Waals surface area contributed by atoms with Crippen molar-refractivity contribution in [3.05, 3.63) is 65.7 Å². The number of benzene rings is 2. The molecule has 1 aliphatic rings. The number of rotatable bonds is 9. The van der Waals surface area contributed by atoms with Crippen LogP contribution in [0.2, 0.25) is 0 Å². The lowest BCUT2D eigenvalue weighted by Crippen LogP contribution is -3.28. The Labute approximate surface area is 174 Å². The van der Waals surface area contributed by atoms with E-state index in [1.54, 1.807) is 12.0 Å². The third-order valence-electron chi connectivity index (χ3n) is 5.80. The molecule has 1 heterocycles. The molecule has 3 N–H and O–H groups in total. The van der Waals surface area contributed by atoms with Crippen LogP contribution in [0.3, 0.4) is 0 Å². The van der Waals surface area contributed by atoms with Gasteiger partial charge >= 0.3 is 0 Å². The first-order valence-electron chi connectivity index (χ1n) is 10.8. The minimum absolute atomic E-state index is 0.180. The first-order chi connectivity index (χ1) is 14.1. The molecule has 1 aliphatic heterocycles. The molecule has 2 aromatic carbocycles. The monoisotopic (exact) mass is 397 g/mol. The van der Waals surface area contributed by atoms with E-state index < -0.39 is 0 Å². The van der Waals surface area contributed by atoms with Crippen LogP contribution in [-0.2, 0) is 17.8 Å². The van der Waals surface area contributed by atoms with E-state index >= 15 is 0 Å². The smallest absolute Gasteiger partial charge is 0.275 e. The number of carbonyl (C=O) groups excluding carboxylic acids is 1. The average Bonchev–Trinajstić information content (AvgIpc) is 2.75. The number of aryl methyl sites for hydroxylation is 1. The normalized spacial score (nSPS) is 20.1. The first kappa shape index (κ1) is 21.3. The Morgan fingerprint density at radius 2 is 1.62 bits per heavy atom. The van der Waals surface area contributed by atoms with Gasteiger partial charge in [-0.2, -0.15) is 0 Å². The number of methoxy groups -OCH3 is 1. The van der Waals surface area contributed by atoms with Crippen LogP contribution in [-0.4, -0.2) is 51.8 Å². The van der Waals surface area contributed by atoms with Crippen LogP contribution < -0.4 is 19.9 Å². The largest absolute Gasteiger partial charge is 0.497 e. The van der Waals surface area contributed by atoms with E-state index in [0.29, 0.717) is 6.54 Å². The lowest BCUT2D eigenvalue weighted by Gasteiger charge is -2.29. The maximum Gasteiger partial charge on any atom is 0.275 e. The van der Waals surface area contributed by atoms with E-state index in [9.17, 15) is 4.79 Å². The molecule has 0 aromatic heterocycles. The number of amides is 1. The zero-order valence-corrected chi connectivity index (χ0v) is 17.7. The Hall–Kier alpha value is -2.37. The molecule has 156 valence electrons. The van der Waals surface area contributed by atoms with Crippen LogP contribution in [0.25, 0.3) is 0 Å². The van der Waals surface area contributed by atoms with Gasteiger partial charge in [-0.25, -0.2) is 0 Å². The third kappa shape index (κ3) is 7.18. The molecule has 1 fully saturated rings. The molecule has 0 saturated carbocycles. The summed E-state index contributed by atoms with van der Waals surface area (Å²) >= 11 is 0. The van der Waals surface area contributed by atoms with Gasteiger partial charge in [0, 0.05) is 11.6 Å². The number of hydrogen-bond acceptors (Lipinski definition) is 2. The molecule has 0 spiro atoms. The lowest BCUT2D eigenvalue weighted by atomic mass is 10.1. The number of nitrogens with one attached hydrogen (secondary N) is 3. The van der Waals surface area contributed by atoms with E-state index in [2.05, 4.69) is 48.6 Å². The summed E-state index contributed by atoms with van der Waals surface area (Å²) in [6.07, 6.45) is 1.98. The summed E-state index contributed by atoms with van der Waals surface area (Å²) in [4.78, 5) is 15.4. The molecule has 0 bridgehead atoms. The van der Waals surface area contributed by atoms with Crippen LogP contribution in [0, 0.1) is 0 Å². The molecule has 5 heteroatoms. The summed E-state index contributed by atoms with van der Waals surface area (Å²) in [7, 11) is 1.70. The van der Waals surface area contributed by atoms with Crippen LogP contribution in [0.15, 0.2) is 54.6 Å². The quantitative estimate of drug-likeness (QED) is 0.563. The van der Waals surface area contributed by atoms with Crippen LogP contribution >= 0.6 is 0 Å². The average molecular weight is 398 g/mol. The van der Waals surface area contributed by atoms with E-state index in [1.807, 2.05) is 18.2 Å². The summed E-state index contributed by atoms with van der Waals surface area (Å²) < 4.78 is 5.23. The van der Waals surface area contributed by atoms with Gasteiger partial charge in [-0.1, -0.05) is 30.3 Å². The summed E-state index contributed by atoms with van der Waals surface area (Å²) in [6, 6.07) is 19.0. The van der Waals surface area contributed by atoms with Crippen molar-refractivity contribution < 1.29 is 19.3 Å². The van der Waals surface area contributed by atoms with Crippen LogP contribution in [0.1, 0.15) is 24.5 Å². The summed E-state index contributed by atoms with van der Waals surface area (Å²) in [5.41, 5.74) is 2.67. The fourth-order valence-electron chi connectivity index (χ4n) is 4.00. The predicted octanol–water partition coefficient (Wildman–Crippen LogP) is 0.116. The predicted molar refractivity (Wildman–Crippen MR) is 115 cm³/mol. The molecule has 2 aromatic rings. The highest BCUT2D eigenvalue weighted by molar-refractivity contribution is 5.77. The SMILES string of the molecule is COc1ccc(C[NH+]2CC[NH+](CC(=O)N[C@@H](C)CCc3ccccc3)CC2)cc1. The van der Waals surface area contributed by atoms with Crippen molar-refractivity contribution in [3.63, 3.8) is 0 Å². The standard InChI is InChI=1S/C24H33N3O2/c1-20(8-9-21-6-4-3-5-7-21)25-24(28)19-27-16-14-26(15-17-27)18-22-10-12-23(29-2)13-11-22/h3-7,10-13,20H,8-9,14-19H2,1-2H3,(H,25,28)/p+2/t20-/m0/s1. The second-order valence-electron chi connectivity index (χ2n) is 8.19. The molecule has 29 heavy (non-hydrogen) atoms. The second-order valence-corrected chi connectivity index (χ2v) is 8.19. The molecule has 1 atom stereocenters. The Kier molecular flexibility index (Phi) is 8.08. The number of carbonyl (C=O) groups is 1. The van der Waals surface area contributed by atoms with Gasteiger partial charge in [0.15, 0.2) is 6.54 Å². The van der Waals surface area contributed by atoms with Gasteiger partial charge < -0.3 is 19.9 Å². The zero-order chi connectivity index (χ0) is 20.5. The molecule has 0 aliphatic carbocycles. The van der Waals surface area contributed by atoms with Crippen molar-refractivity contribution in [2.24, 2.45) is 0 Å². The number of quaternary nitrogens is 2. The Morgan fingerprint density at radius 1 is 0.966 bits per heavy atom. The first-order valence-corrected chi connectivity index (χ1v) is 10.8. The van der Waals surface area contributed by atoms with Crippen molar-refractivity contribution in [3.8, 4) is 5.75 Å². The van der Waals surface area contributed by atoms with Gasteiger partial charge in [0.05, 0.1) is 7.11 Å². The van der Waals surface area contributed by atoms with Crippen LogP contribution in [0.4, 0.5) is 0 Å². The van der Waals surface area contributed by atoms with Gasteiger partial charge in [0.1, 0.15) is 38.5 Å². The summed E-state index contributed by atoms with van der Waals surface area (Å²) in [5.74, 6) is 1.08. The topological polar surface area (TPSA) is 47.2 Å². The lowest BCUT2D eigenvalue weighted by molar-refractivity contribution is -1.02. The third-order valence-corrected chi connectivity index (χ3v) is 5.80. The molecule has 1 amide bonds. The van der Waals surface area contributed by atoms with E-state index in [1.165, 1.54) is 16.0 Å². The van der Waals surface area contributed by atoms with Crippen molar-refractivity contribution in [2.45, 2.75) is 32.4 Å². The minimum Gasteiger partial charge on any atom is -0.497 e. The number of ether oxygens (including phenoxy) is 1. The molecular weight excluding hydrogens is 362 g/mol. The fraction of sp³-hybridized carbons (Fsp3) is 0.458. The summed E-state index contributed by atoms with van der Waals surface area (Å²) in [5, 5.41) is 3.18. The number of piperazine rings is 1. The maximum absolute atomic E-state index is 12.4. The highest BCUT2D eigenvalue weighted by atomic mass is 16.5. The van der Waals surface area contributed by atoms with E-state index in [0.717, 1.165) is 51.3 Å². The van der Waals surface area contributed by atoms with E-state index in [4.69, 9.17) is 4.74 Å². The van der Waals surface area contributed by atoms with Gasteiger partial charge in [0.2, 0.25) is 0 Å². The minimum atomic E-state index is 0.180. The van der Waals surface area contributed by atoms with Crippen LogP contribution in [0.5, 0.6) is 5.75 Å². The van der Waals surface area contributed by atoms with Gasteiger partial charge in [-0.3, -0.25) is 4.79 Å². The van der Waals surface area contributed by atoms with Gasteiger partial charge in [-0.05, 0) is 49.6 Å². The molecule has 5 nitrogen and oxygen atoms in total. The van der Waals surface area contributed by atoms with Crippen molar-refractivity contribution >= 4 is 5.91 Å². The number of hydrogen-bond donors (Lipinski definition) is 3. The highest BCUT2D eigenvalue weighted by Crippen LogP contribution is 2.10. The molecule has 0 unspecified atom stereocenters. The van der Waals surface area contributed by atoms with Gasteiger partial charge in [0.25, 0.3) is 5.91 Å². The zero-order valence-electron chi connectivity index (χ0n) is 17.7. The van der Waals surface area contributed by atoms with Gasteiger partial charge in [-0.15, -0.1) is 0 Å². The fourth-order valence-corrected chi connectivity index (χ4v) is 4.00. The van der Waals surface area contributed by atoms with Crippen molar-refractivity contribution in [1.29, 1.82) is 0 Å². The Bertz CT molecular complexity index is 740. The second kappa shape index (κ2) is 11.0. The molecule has 1 saturated heterocycles. The van der Waals surface area contributed by atoms with Crippen molar-refractivity contribution in [1.82, 2.24) is 5.32 Å². The van der Waals surface area contributed by atoms with E-state index in [-0.39, 0.29) is 11.9 Å². The molecular formula is C24H35N3O2+2. The molecule has 3 rings (SSSR count). The Morgan fingerprint density at radius 3 is 2.28 bits per heavy atom.